The third-order valence-corrected chi connectivity index (χ3v) is 7.83. The van der Waals surface area contributed by atoms with Gasteiger partial charge in [0.15, 0.2) is 5.82 Å². The molecule has 2 atom stereocenters. The summed E-state index contributed by atoms with van der Waals surface area (Å²) in [6, 6.07) is 22.2. The van der Waals surface area contributed by atoms with Crippen molar-refractivity contribution in [1.29, 1.82) is 0 Å². The van der Waals surface area contributed by atoms with Crippen LogP contribution in [0.1, 0.15) is 29.7 Å². The van der Waals surface area contributed by atoms with E-state index in [2.05, 4.69) is 10.1 Å². The second-order valence-electron chi connectivity index (χ2n) is 8.41. The summed E-state index contributed by atoms with van der Waals surface area (Å²) in [7, 11) is 3.25. The summed E-state index contributed by atoms with van der Waals surface area (Å²) in [6.45, 7) is 1.77. The van der Waals surface area contributed by atoms with Gasteiger partial charge in [-0.2, -0.15) is 4.98 Å². The highest BCUT2D eigenvalue weighted by molar-refractivity contribution is 8.00. The SMILES string of the molecule is COc1ccc(S[C@]2(c3nc(C)no3)CC(=O)N(c3ccc(Cl)cc3)[C@@H]2c2ccc(OC)cc2)cc1. The minimum atomic E-state index is -0.902. The van der Waals surface area contributed by atoms with Crippen molar-refractivity contribution >= 4 is 35.0 Å². The quantitative estimate of drug-likeness (QED) is 0.286. The zero-order chi connectivity index (χ0) is 25.3. The maximum Gasteiger partial charge on any atom is 0.246 e. The topological polar surface area (TPSA) is 77.7 Å². The van der Waals surface area contributed by atoms with E-state index in [4.69, 9.17) is 25.6 Å². The molecule has 3 aromatic carbocycles. The zero-order valence-electron chi connectivity index (χ0n) is 20.0. The normalized spacial score (nSPS) is 19.5. The van der Waals surface area contributed by atoms with Gasteiger partial charge in [0.25, 0.3) is 0 Å². The molecule has 1 amide bonds. The van der Waals surface area contributed by atoms with Crippen LogP contribution in [0.25, 0.3) is 0 Å². The molecule has 4 aromatic rings. The van der Waals surface area contributed by atoms with Gasteiger partial charge in [0.05, 0.1) is 26.7 Å². The van der Waals surface area contributed by atoms with E-state index in [1.807, 2.05) is 60.7 Å². The number of nitrogens with zero attached hydrogens (tertiary/aromatic N) is 3. The molecule has 0 aliphatic carbocycles. The summed E-state index contributed by atoms with van der Waals surface area (Å²) in [5.41, 5.74) is 1.65. The van der Waals surface area contributed by atoms with Gasteiger partial charge in [-0.25, -0.2) is 0 Å². The number of carbonyl (C=O) groups is 1. The van der Waals surface area contributed by atoms with E-state index in [-0.39, 0.29) is 12.3 Å². The van der Waals surface area contributed by atoms with Crippen molar-refractivity contribution in [1.82, 2.24) is 10.1 Å². The van der Waals surface area contributed by atoms with Crippen LogP contribution in [0.4, 0.5) is 5.69 Å². The second kappa shape index (κ2) is 9.87. The number of aryl methyl sites for hydroxylation is 1. The van der Waals surface area contributed by atoms with Crippen molar-refractivity contribution in [2.45, 2.75) is 29.0 Å². The van der Waals surface area contributed by atoms with Crippen molar-refractivity contribution < 1.29 is 18.8 Å². The van der Waals surface area contributed by atoms with Gasteiger partial charge >= 0.3 is 0 Å². The molecule has 1 aliphatic heterocycles. The fourth-order valence-corrected chi connectivity index (χ4v) is 6.05. The van der Waals surface area contributed by atoms with Crippen molar-refractivity contribution in [3.63, 3.8) is 0 Å². The van der Waals surface area contributed by atoms with E-state index in [0.29, 0.717) is 16.7 Å². The Morgan fingerprint density at radius 3 is 2.14 bits per heavy atom. The number of aromatic nitrogens is 2. The molecular formula is C27H24ClN3O4S. The van der Waals surface area contributed by atoms with Crippen LogP contribution in [0, 0.1) is 6.92 Å². The molecule has 36 heavy (non-hydrogen) atoms. The molecule has 5 rings (SSSR count). The van der Waals surface area contributed by atoms with Gasteiger partial charge in [-0.1, -0.05) is 28.9 Å². The summed E-state index contributed by atoms with van der Waals surface area (Å²) >= 11 is 7.69. The third-order valence-electron chi connectivity index (χ3n) is 6.17. The summed E-state index contributed by atoms with van der Waals surface area (Å²) in [6.07, 6.45) is 0.157. The second-order valence-corrected chi connectivity index (χ2v) is 10.2. The molecule has 0 spiro atoms. The van der Waals surface area contributed by atoms with Crippen LogP contribution in [0.3, 0.4) is 0 Å². The lowest BCUT2D eigenvalue weighted by atomic mass is 9.92. The van der Waals surface area contributed by atoms with Gasteiger partial charge in [0.1, 0.15) is 16.2 Å². The molecule has 2 heterocycles. The Labute approximate surface area is 218 Å². The Hall–Kier alpha value is -3.49. The number of hydrogen-bond donors (Lipinski definition) is 0. The highest BCUT2D eigenvalue weighted by Gasteiger charge is 2.58. The Morgan fingerprint density at radius 1 is 0.972 bits per heavy atom. The van der Waals surface area contributed by atoms with Crippen molar-refractivity contribution in [2.24, 2.45) is 0 Å². The number of benzene rings is 3. The molecule has 0 bridgehead atoms. The number of methoxy groups -OCH3 is 2. The summed E-state index contributed by atoms with van der Waals surface area (Å²) in [5.74, 6) is 2.31. The first-order valence-electron chi connectivity index (χ1n) is 11.3. The molecule has 9 heteroatoms. The zero-order valence-corrected chi connectivity index (χ0v) is 21.5. The number of carbonyl (C=O) groups excluding carboxylic acids is 1. The van der Waals surface area contributed by atoms with Crippen molar-refractivity contribution in [2.75, 3.05) is 19.1 Å². The molecule has 1 saturated heterocycles. The number of anilines is 1. The number of hydrogen-bond acceptors (Lipinski definition) is 7. The monoisotopic (exact) mass is 521 g/mol. The van der Waals surface area contributed by atoms with E-state index in [1.165, 1.54) is 11.8 Å². The van der Waals surface area contributed by atoms with Crippen LogP contribution in [0.15, 0.2) is 82.2 Å². The van der Waals surface area contributed by atoms with Crippen LogP contribution in [-0.2, 0) is 9.54 Å². The molecule has 1 aliphatic rings. The first-order valence-corrected chi connectivity index (χ1v) is 12.5. The third kappa shape index (κ3) is 4.42. The molecule has 1 fully saturated rings. The van der Waals surface area contributed by atoms with Crippen molar-refractivity contribution in [3.05, 3.63) is 95.1 Å². The van der Waals surface area contributed by atoms with Gasteiger partial charge in [-0.3, -0.25) is 4.79 Å². The number of ether oxygens (including phenoxy) is 2. The van der Waals surface area contributed by atoms with E-state index in [1.54, 1.807) is 38.2 Å². The van der Waals surface area contributed by atoms with E-state index in [9.17, 15) is 4.79 Å². The van der Waals surface area contributed by atoms with Crippen LogP contribution in [0.2, 0.25) is 5.02 Å². The molecule has 184 valence electrons. The number of rotatable bonds is 7. The van der Waals surface area contributed by atoms with Crippen LogP contribution in [0.5, 0.6) is 11.5 Å². The number of halogens is 1. The predicted molar refractivity (Wildman–Crippen MR) is 139 cm³/mol. The molecule has 0 unspecified atom stereocenters. The smallest absolute Gasteiger partial charge is 0.246 e. The molecule has 1 aromatic heterocycles. The Morgan fingerprint density at radius 2 is 1.58 bits per heavy atom. The number of amides is 1. The fraction of sp³-hybridized carbons (Fsp3) is 0.222. The Balaban J connectivity index is 1.70. The fourth-order valence-electron chi connectivity index (χ4n) is 4.51. The standard InChI is InChI=1S/C27H24ClN3O4S/c1-17-29-26(35-30-17)27(36-23-14-12-22(34-3)13-15-23)16-24(32)31(20-8-6-19(28)7-9-20)25(27)18-4-10-21(33-2)11-5-18/h4-15,25H,16H2,1-3H3/t25-,27-/m1/s1. The summed E-state index contributed by atoms with van der Waals surface area (Å²) < 4.78 is 15.6. The number of thioether (sulfide) groups is 1. The molecule has 0 N–H and O–H groups in total. The van der Waals surface area contributed by atoms with Gasteiger partial charge < -0.3 is 18.9 Å². The Kier molecular flexibility index (Phi) is 6.64. The van der Waals surface area contributed by atoms with E-state index in [0.717, 1.165) is 27.6 Å². The highest BCUT2D eigenvalue weighted by Crippen LogP contribution is 2.59. The largest absolute Gasteiger partial charge is 0.497 e. The lowest BCUT2D eigenvalue weighted by molar-refractivity contribution is -0.117. The van der Waals surface area contributed by atoms with Gasteiger partial charge in [0.2, 0.25) is 11.8 Å². The first kappa shape index (κ1) is 24.2. The van der Waals surface area contributed by atoms with Gasteiger partial charge in [-0.05, 0) is 73.2 Å². The van der Waals surface area contributed by atoms with Crippen LogP contribution >= 0.6 is 23.4 Å². The minimum absolute atomic E-state index is 0.0602. The summed E-state index contributed by atoms with van der Waals surface area (Å²) in [4.78, 5) is 21.2. The van der Waals surface area contributed by atoms with E-state index >= 15 is 0 Å². The lowest BCUT2D eigenvalue weighted by Crippen LogP contribution is -2.34. The lowest BCUT2D eigenvalue weighted by Gasteiger charge is -2.35. The Bertz CT molecular complexity index is 1360. The average Bonchev–Trinajstić information content (AvgIpc) is 3.46. The highest BCUT2D eigenvalue weighted by atomic mass is 35.5. The molecule has 7 nitrogen and oxygen atoms in total. The van der Waals surface area contributed by atoms with Gasteiger partial charge in [-0.15, -0.1) is 11.8 Å². The molecule has 0 saturated carbocycles. The van der Waals surface area contributed by atoms with E-state index < -0.39 is 10.8 Å². The van der Waals surface area contributed by atoms with Gasteiger partial charge in [0, 0.05) is 15.6 Å². The first-order chi connectivity index (χ1) is 17.4. The van der Waals surface area contributed by atoms with Crippen molar-refractivity contribution in [3.8, 4) is 11.5 Å². The minimum Gasteiger partial charge on any atom is -0.497 e. The predicted octanol–water partition coefficient (Wildman–Crippen LogP) is 6.21. The van der Waals surface area contributed by atoms with Crippen LogP contribution < -0.4 is 14.4 Å². The maximum absolute atomic E-state index is 13.8. The summed E-state index contributed by atoms with van der Waals surface area (Å²) in [5, 5.41) is 4.67. The molecule has 0 radical (unpaired) electrons. The molecular weight excluding hydrogens is 498 g/mol. The maximum atomic E-state index is 13.8. The van der Waals surface area contributed by atoms with Crippen LogP contribution in [-0.4, -0.2) is 30.3 Å². The average molecular weight is 522 g/mol.